The molecule has 184 valence electrons. The number of carboxylic acid groups (broad SMARTS) is 1. The number of benzene rings is 2. The Morgan fingerprint density at radius 2 is 1.53 bits per heavy atom. The summed E-state index contributed by atoms with van der Waals surface area (Å²) in [6, 6.07) is 13.0. The Morgan fingerprint density at radius 1 is 0.912 bits per heavy atom. The van der Waals surface area contributed by atoms with Crippen LogP contribution >= 0.6 is 12.6 Å². The molecule has 0 fully saturated rings. The van der Waals surface area contributed by atoms with Crippen molar-refractivity contribution in [1.29, 1.82) is 0 Å². The average Bonchev–Trinajstić information content (AvgIpc) is 2.81. The van der Waals surface area contributed by atoms with Gasteiger partial charge in [-0.25, -0.2) is 4.79 Å². The molecule has 0 aliphatic carbocycles. The number of carbonyl (C=O) groups is 3. The predicted octanol–water partition coefficient (Wildman–Crippen LogP) is 2.55. The van der Waals surface area contributed by atoms with Crippen molar-refractivity contribution >= 4 is 30.4 Å². The van der Waals surface area contributed by atoms with Crippen LogP contribution in [0.5, 0.6) is 5.75 Å². The van der Waals surface area contributed by atoms with E-state index >= 15 is 0 Å². The topological polar surface area (TPSA) is 125 Å². The largest absolute Gasteiger partial charge is 0.508 e. The van der Waals surface area contributed by atoms with Gasteiger partial charge >= 0.3 is 5.97 Å². The molecular weight excluding hydrogens is 456 g/mol. The zero-order valence-corrected chi connectivity index (χ0v) is 20.4. The third kappa shape index (κ3) is 8.39. The first-order valence-corrected chi connectivity index (χ1v) is 11.5. The number of hydrogen-bond acceptors (Lipinski definition) is 6. The zero-order chi connectivity index (χ0) is 25.3. The Balaban J connectivity index is 2.16. The SMILES string of the molecule is CC(C)C(S)C(=O)NC(C(=O)N[C@@H](Cc1ccc(O)cc1)C(=O)O)C(C)OCc1ccccc1. The number of hydrogen-bond donors (Lipinski definition) is 5. The third-order valence-corrected chi connectivity index (χ3v) is 6.13. The van der Waals surface area contributed by atoms with Gasteiger partial charge in [-0.3, -0.25) is 9.59 Å². The summed E-state index contributed by atoms with van der Waals surface area (Å²) in [5, 5.41) is 23.6. The van der Waals surface area contributed by atoms with E-state index in [1.54, 1.807) is 19.1 Å². The van der Waals surface area contributed by atoms with Crippen LogP contribution < -0.4 is 10.6 Å². The summed E-state index contributed by atoms with van der Waals surface area (Å²) in [6.07, 6.45) is -0.748. The zero-order valence-electron chi connectivity index (χ0n) is 19.5. The van der Waals surface area contributed by atoms with Gasteiger partial charge in [-0.15, -0.1) is 0 Å². The van der Waals surface area contributed by atoms with Crippen LogP contribution in [0.2, 0.25) is 0 Å². The molecule has 0 aliphatic rings. The number of rotatable bonds is 12. The Hall–Kier alpha value is -3.04. The van der Waals surface area contributed by atoms with Crippen molar-refractivity contribution in [2.24, 2.45) is 5.92 Å². The highest BCUT2D eigenvalue weighted by Gasteiger charge is 2.33. The number of carbonyl (C=O) groups excluding carboxylic acids is 2. The van der Waals surface area contributed by atoms with Gasteiger partial charge in [0.05, 0.1) is 18.0 Å². The molecule has 8 nitrogen and oxygen atoms in total. The lowest BCUT2D eigenvalue weighted by molar-refractivity contribution is -0.143. The molecule has 34 heavy (non-hydrogen) atoms. The van der Waals surface area contributed by atoms with Gasteiger partial charge in [-0.05, 0) is 36.1 Å². The quantitative estimate of drug-likeness (QED) is 0.293. The Labute approximate surface area is 205 Å². The first kappa shape index (κ1) is 27.2. The fourth-order valence-corrected chi connectivity index (χ4v) is 3.24. The molecule has 0 radical (unpaired) electrons. The lowest BCUT2D eigenvalue weighted by Gasteiger charge is -2.28. The minimum Gasteiger partial charge on any atom is -0.508 e. The normalized spacial score (nSPS) is 14.6. The summed E-state index contributed by atoms with van der Waals surface area (Å²) >= 11 is 4.32. The van der Waals surface area contributed by atoms with Crippen LogP contribution in [0, 0.1) is 5.92 Å². The molecule has 0 aromatic heterocycles. The molecule has 2 amide bonds. The van der Waals surface area contributed by atoms with E-state index in [2.05, 4.69) is 23.3 Å². The molecule has 4 N–H and O–H groups in total. The van der Waals surface area contributed by atoms with Crippen molar-refractivity contribution in [3.63, 3.8) is 0 Å². The maximum Gasteiger partial charge on any atom is 0.326 e. The Bertz CT molecular complexity index is 952. The minimum atomic E-state index is -1.24. The number of phenols is 1. The van der Waals surface area contributed by atoms with Crippen molar-refractivity contribution < 1.29 is 29.3 Å². The molecule has 2 aromatic carbocycles. The standard InChI is InChI=1S/C25H32N2O6S/c1-15(2)22(34)24(30)27-21(16(3)33-14-18-7-5-4-6-8-18)23(29)26-20(25(31)32)13-17-9-11-19(28)12-10-17/h4-12,15-16,20-22,28,34H,13-14H2,1-3H3,(H,26,29)(H,27,30)(H,31,32)/t16?,20-,21?,22?/m0/s1. The van der Waals surface area contributed by atoms with Gasteiger partial charge in [0.2, 0.25) is 11.8 Å². The number of ether oxygens (including phenoxy) is 1. The highest BCUT2D eigenvalue weighted by atomic mass is 32.1. The van der Waals surface area contributed by atoms with E-state index in [9.17, 15) is 24.6 Å². The average molecular weight is 489 g/mol. The second-order valence-electron chi connectivity index (χ2n) is 8.45. The lowest BCUT2D eigenvalue weighted by atomic mass is 10.0. The van der Waals surface area contributed by atoms with Crippen LogP contribution in [0.1, 0.15) is 31.9 Å². The lowest BCUT2D eigenvalue weighted by Crippen LogP contribution is -2.58. The third-order valence-electron chi connectivity index (χ3n) is 5.30. The molecule has 0 saturated carbocycles. The molecule has 0 saturated heterocycles. The molecule has 4 atom stereocenters. The van der Waals surface area contributed by atoms with Crippen molar-refractivity contribution in [1.82, 2.24) is 10.6 Å². The second kappa shape index (κ2) is 13.0. The summed E-state index contributed by atoms with van der Waals surface area (Å²) in [7, 11) is 0. The fourth-order valence-electron chi connectivity index (χ4n) is 3.16. The van der Waals surface area contributed by atoms with E-state index in [1.807, 2.05) is 44.2 Å². The van der Waals surface area contributed by atoms with Crippen LogP contribution in [-0.4, -0.2) is 51.4 Å². The maximum atomic E-state index is 13.1. The van der Waals surface area contributed by atoms with E-state index < -0.39 is 41.2 Å². The summed E-state index contributed by atoms with van der Waals surface area (Å²) in [5.74, 6) is -2.37. The first-order valence-electron chi connectivity index (χ1n) is 11.0. The molecule has 9 heteroatoms. The van der Waals surface area contributed by atoms with Gasteiger partial charge in [0.15, 0.2) is 0 Å². The van der Waals surface area contributed by atoms with Gasteiger partial charge in [0, 0.05) is 6.42 Å². The number of amides is 2. The first-order chi connectivity index (χ1) is 16.1. The number of aromatic hydroxyl groups is 1. The fraction of sp³-hybridized carbons (Fsp3) is 0.400. The van der Waals surface area contributed by atoms with Gasteiger partial charge in [-0.2, -0.15) is 12.6 Å². The van der Waals surface area contributed by atoms with Crippen LogP contribution in [0.4, 0.5) is 0 Å². The van der Waals surface area contributed by atoms with E-state index in [0.717, 1.165) is 5.56 Å². The molecule has 2 aromatic rings. The number of carboxylic acids is 1. The predicted molar refractivity (Wildman–Crippen MR) is 132 cm³/mol. The van der Waals surface area contributed by atoms with E-state index in [-0.39, 0.29) is 24.7 Å². The van der Waals surface area contributed by atoms with Gasteiger partial charge in [0.1, 0.15) is 17.8 Å². The van der Waals surface area contributed by atoms with Crippen LogP contribution in [0.15, 0.2) is 54.6 Å². The van der Waals surface area contributed by atoms with Crippen LogP contribution in [0.3, 0.4) is 0 Å². The van der Waals surface area contributed by atoms with Crippen molar-refractivity contribution in [3.05, 3.63) is 65.7 Å². The van der Waals surface area contributed by atoms with Crippen molar-refractivity contribution in [3.8, 4) is 5.75 Å². The van der Waals surface area contributed by atoms with Crippen LogP contribution in [-0.2, 0) is 32.1 Å². The van der Waals surface area contributed by atoms with E-state index in [1.165, 1.54) is 12.1 Å². The number of nitrogens with one attached hydrogen (secondary N) is 2. The van der Waals surface area contributed by atoms with Crippen molar-refractivity contribution in [2.45, 2.75) is 57.2 Å². The molecule has 0 bridgehead atoms. The summed E-state index contributed by atoms with van der Waals surface area (Å²) in [6.45, 7) is 5.53. The van der Waals surface area contributed by atoms with E-state index in [0.29, 0.717) is 5.56 Å². The molecular formula is C25H32N2O6S. The summed E-state index contributed by atoms with van der Waals surface area (Å²) < 4.78 is 5.85. The molecule has 0 aliphatic heterocycles. The molecule has 3 unspecified atom stereocenters. The minimum absolute atomic E-state index is 0.00244. The molecule has 0 spiro atoms. The smallest absolute Gasteiger partial charge is 0.326 e. The number of phenolic OH excluding ortho intramolecular Hbond substituents is 1. The monoisotopic (exact) mass is 488 g/mol. The highest BCUT2D eigenvalue weighted by Crippen LogP contribution is 2.14. The van der Waals surface area contributed by atoms with Crippen LogP contribution in [0.25, 0.3) is 0 Å². The van der Waals surface area contributed by atoms with Crippen molar-refractivity contribution in [2.75, 3.05) is 0 Å². The summed E-state index contributed by atoms with van der Waals surface area (Å²) in [5.41, 5.74) is 1.51. The van der Waals surface area contributed by atoms with Gasteiger partial charge < -0.3 is 25.6 Å². The summed E-state index contributed by atoms with van der Waals surface area (Å²) in [4.78, 5) is 37.6. The highest BCUT2D eigenvalue weighted by molar-refractivity contribution is 7.81. The van der Waals surface area contributed by atoms with E-state index in [4.69, 9.17) is 4.74 Å². The number of aliphatic carboxylic acids is 1. The molecule has 2 rings (SSSR count). The maximum absolute atomic E-state index is 13.1. The second-order valence-corrected chi connectivity index (χ2v) is 9.00. The Morgan fingerprint density at radius 3 is 2.09 bits per heavy atom. The number of thiol groups is 1. The molecule has 0 heterocycles. The van der Waals surface area contributed by atoms with Gasteiger partial charge in [-0.1, -0.05) is 56.3 Å². The Kier molecular flexibility index (Phi) is 10.4. The van der Waals surface area contributed by atoms with Gasteiger partial charge in [0.25, 0.3) is 0 Å².